The number of unbranched alkanes of at least 4 members (excludes halogenated alkanes) is 9. The topological polar surface area (TPSA) is 64.6 Å². The van der Waals surface area contributed by atoms with E-state index in [0.29, 0.717) is 79.3 Å². The van der Waals surface area contributed by atoms with Gasteiger partial charge in [-0.25, -0.2) is 0 Å². The van der Waals surface area contributed by atoms with Gasteiger partial charge in [0.2, 0.25) is 0 Å². The van der Waals surface area contributed by atoms with Crippen molar-refractivity contribution in [3.63, 3.8) is 0 Å². The lowest BCUT2D eigenvalue weighted by atomic mass is 10.1. The van der Waals surface area contributed by atoms with Gasteiger partial charge in [-0.3, -0.25) is 0 Å². The van der Waals surface area contributed by atoms with Gasteiger partial charge < -0.3 is 32.8 Å². The third-order valence-corrected chi connectivity index (χ3v) is 13.5. The Morgan fingerprint density at radius 2 is 0.708 bits per heavy atom. The molecule has 48 heavy (non-hydrogen) atoms. The first-order valence-electron chi connectivity index (χ1n) is 18.7. The molecule has 0 radical (unpaired) electrons. The van der Waals surface area contributed by atoms with Crippen LogP contribution in [0.4, 0.5) is 0 Å². The Balaban J connectivity index is 1.37. The number of hydrogen-bond acceptors (Lipinski definition) is 7. The second-order valence-corrected chi connectivity index (χ2v) is 17.7. The van der Waals surface area contributed by atoms with Crippen molar-refractivity contribution in [3.05, 3.63) is 60.7 Å². The van der Waals surface area contributed by atoms with E-state index in [0.717, 1.165) is 13.0 Å². The van der Waals surface area contributed by atoms with E-state index in [9.17, 15) is 0 Å². The Morgan fingerprint density at radius 1 is 0.396 bits per heavy atom. The Labute approximate surface area is 294 Å². The first-order chi connectivity index (χ1) is 23.5. The smallest absolute Gasteiger partial charge is 0.261 e. The Hall–Kier alpha value is -1.62. The van der Waals surface area contributed by atoms with Gasteiger partial charge in [0.15, 0.2) is 0 Å². The second-order valence-electron chi connectivity index (χ2n) is 13.4. The van der Waals surface area contributed by atoms with Crippen LogP contribution in [0.25, 0.3) is 0 Å². The molecule has 0 unspecified atom stereocenters. The predicted octanol–water partition coefficient (Wildman–Crippen LogP) is 7.58. The summed E-state index contributed by atoms with van der Waals surface area (Å²) in [6.07, 6.45) is 13.5. The molecule has 0 aliphatic heterocycles. The van der Waals surface area contributed by atoms with Crippen LogP contribution >= 0.6 is 0 Å². The Bertz CT molecular complexity index is 931. The monoisotopic (exact) mass is 688 g/mol. The van der Waals surface area contributed by atoms with Crippen LogP contribution in [-0.2, 0) is 32.8 Å². The number of rotatable bonds is 32. The lowest BCUT2D eigenvalue weighted by Gasteiger charge is -2.43. The molecule has 2 aromatic rings. The van der Waals surface area contributed by atoms with E-state index in [1.54, 1.807) is 0 Å². The van der Waals surface area contributed by atoms with Crippen molar-refractivity contribution < 1.29 is 32.8 Å². The van der Waals surface area contributed by atoms with Crippen LogP contribution < -0.4 is 10.4 Å². The Morgan fingerprint density at radius 3 is 1.06 bits per heavy atom. The molecule has 2 aromatic carbocycles. The van der Waals surface area contributed by atoms with Crippen molar-refractivity contribution in [3.8, 4) is 0 Å². The molecule has 0 N–H and O–H groups in total. The second kappa shape index (κ2) is 28.1. The van der Waals surface area contributed by atoms with Gasteiger partial charge >= 0.3 is 0 Å². The van der Waals surface area contributed by atoms with Crippen LogP contribution in [0, 0.1) is 0 Å². The largest absolute Gasteiger partial charge is 0.405 e. The molecule has 0 aromatic heterocycles. The van der Waals surface area contributed by atoms with Gasteiger partial charge in [-0.1, -0.05) is 146 Å². The predicted molar refractivity (Wildman–Crippen MR) is 200 cm³/mol. The highest BCUT2D eigenvalue weighted by Gasteiger charge is 2.50. The number of benzene rings is 2. The first kappa shape index (κ1) is 42.5. The first-order valence-corrected chi connectivity index (χ1v) is 20.6. The maximum Gasteiger partial charge on any atom is 0.261 e. The number of ether oxygens (including phenoxy) is 6. The molecule has 8 heteroatoms. The lowest BCUT2D eigenvalue weighted by Crippen LogP contribution is -2.66. The average Bonchev–Trinajstić information content (AvgIpc) is 3.09. The summed E-state index contributed by atoms with van der Waals surface area (Å²) in [7, 11) is -2.52. The zero-order valence-corrected chi connectivity index (χ0v) is 31.9. The molecule has 2 rings (SSSR count). The van der Waals surface area contributed by atoms with Gasteiger partial charge in [-0.15, -0.1) is 0 Å². The molecule has 0 bridgehead atoms. The summed E-state index contributed by atoms with van der Waals surface area (Å²) in [6, 6.07) is 21.4. The number of hydrogen-bond donors (Lipinski definition) is 0. The summed E-state index contributed by atoms with van der Waals surface area (Å²) in [5.41, 5.74) is 0. The molecular formula is C40H68O7Si. The van der Waals surface area contributed by atoms with Crippen molar-refractivity contribution in [2.24, 2.45) is 0 Å². The zero-order chi connectivity index (χ0) is 34.4. The fraction of sp³-hybridized carbons (Fsp3) is 0.700. The zero-order valence-electron chi connectivity index (χ0n) is 30.9. The quantitative estimate of drug-likeness (QED) is 0.0580. The minimum atomic E-state index is -2.52. The van der Waals surface area contributed by atoms with Crippen molar-refractivity contribution in [2.45, 2.75) is 96.9 Å². The fourth-order valence-electron chi connectivity index (χ4n) is 5.91. The maximum atomic E-state index is 6.85. The highest BCUT2D eigenvalue weighted by Crippen LogP contribution is 2.36. The average molecular weight is 689 g/mol. The molecule has 0 amide bonds. The SMILES string of the molecule is CCCCCCCCCCCCOCCOCCOCCOCCOCCOCCO[Si](c1ccccc1)(c1ccccc1)C(C)(C)C. The molecule has 0 saturated carbocycles. The van der Waals surface area contributed by atoms with E-state index in [4.69, 9.17) is 32.8 Å². The van der Waals surface area contributed by atoms with Crippen LogP contribution in [0.2, 0.25) is 5.04 Å². The van der Waals surface area contributed by atoms with E-state index < -0.39 is 8.32 Å². The van der Waals surface area contributed by atoms with E-state index in [-0.39, 0.29) is 5.04 Å². The molecule has 0 aliphatic rings. The van der Waals surface area contributed by atoms with Gasteiger partial charge in [0.25, 0.3) is 8.32 Å². The van der Waals surface area contributed by atoms with Gasteiger partial charge in [-0.05, 0) is 21.8 Å². The highest BCUT2D eigenvalue weighted by atomic mass is 28.4. The van der Waals surface area contributed by atoms with Crippen LogP contribution in [0.3, 0.4) is 0 Å². The molecular weight excluding hydrogens is 621 g/mol. The summed E-state index contributed by atoms with van der Waals surface area (Å²) in [6.45, 7) is 16.7. The van der Waals surface area contributed by atoms with E-state index in [2.05, 4.69) is 88.4 Å². The lowest BCUT2D eigenvalue weighted by molar-refractivity contribution is -0.0180. The standard InChI is InChI=1S/C40H68O7Si/c1-5-6-7-8-9-10-11-12-13-20-25-41-26-27-42-28-29-43-30-31-44-32-33-45-34-35-46-36-37-47-48(40(2,3)4,38-21-16-14-17-22-38)39-23-18-15-19-24-39/h14-19,21-24H,5-13,20,25-37H2,1-4H3. The molecule has 0 saturated heterocycles. The van der Waals surface area contributed by atoms with Crippen LogP contribution in [0.5, 0.6) is 0 Å². The summed E-state index contributed by atoms with van der Waals surface area (Å²) in [4.78, 5) is 0. The Kier molecular flexibility index (Phi) is 24.9. The summed E-state index contributed by atoms with van der Waals surface area (Å²) < 4.78 is 40.8. The summed E-state index contributed by atoms with van der Waals surface area (Å²) in [5.74, 6) is 0. The molecule has 7 nitrogen and oxygen atoms in total. The van der Waals surface area contributed by atoms with Gasteiger partial charge in [0.05, 0.1) is 79.3 Å². The van der Waals surface area contributed by atoms with Crippen molar-refractivity contribution in [1.29, 1.82) is 0 Å². The molecule has 0 fully saturated rings. The van der Waals surface area contributed by atoms with Gasteiger partial charge in [-0.2, -0.15) is 0 Å². The summed E-state index contributed by atoms with van der Waals surface area (Å²) in [5, 5.41) is 2.51. The summed E-state index contributed by atoms with van der Waals surface area (Å²) >= 11 is 0. The molecule has 0 spiro atoms. The third-order valence-electron chi connectivity index (χ3n) is 8.47. The fourth-order valence-corrected chi connectivity index (χ4v) is 10.5. The van der Waals surface area contributed by atoms with E-state index in [1.807, 2.05) is 0 Å². The molecule has 274 valence electrons. The maximum absolute atomic E-state index is 6.85. The van der Waals surface area contributed by atoms with Crippen LogP contribution in [-0.4, -0.2) is 94.2 Å². The molecule has 0 atom stereocenters. The van der Waals surface area contributed by atoms with Crippen LogP contribution in [0.15, 0.2) is 60.7 Å². The molecule has 0 aliphatic carbocycles. The van der Waals surface area contributed by atoms with Crippen molar-refractivity contribution >= 4 is 18.7 Å². The van der Waals surface area contributed by atoms with Gasteiger partial charge in [0.1, 0.15) is 0 Å². The van der Waals surface area contributed by atoms with E-state index >= 15 is 0 Å². The van der Waals surface area contributed by atoms with Crippen LogP contribution in [0.1, 0.15) is 91.9 Å². The molecule has 0 heterocycles. The third kappa shape index (κ3) is 18.4. The minimum absolute atomic E-state index is 0.0431. The van der Waals surface area contributed by atoms with Gasteiger partial charge in [0, 0.05) is 6.61 Å². The van der Waals surface area contributed by atoms with Crippen molar-refractivity contribution in [1.82, 2.24) is 0 Å². The highest BCUT2D eigenvalue weighted by molar-refractivity contribution is 6.99. The normalized spacial score (nSPS) is 12.2. The minimum Gasteiger partial charge on any atom is -0.405 e. The van der Waals surface area contributed by atoms with Crippen molar-refractivity contribution in [2.75, 3.05) is 85.9 Å². The van der Waals surface area contributed by atoms with E-state index in [1.165, 1.54) is 68.2 Å².